The maximum Gasteiger partial charge on any atom is 0.324 e. The monoisotopic (exact) mass is 465 g/mol. The molecule has 0 bridgehead atoms. The van der Waals surface area contributed by atoms with Gasteiger partial charge in [0, 0.05) is 32.1 Å². The van der Waals surface area contributed by atoms with Crippen molar-refractivity contribution in [2.75, 3.05) is 32.7 Å². The second kappa shape index (κ2) is 10.5. The maximum atomic E-state index is 11.5. The lowest BCUT2D eigenvalue weighted by atomic mass is 10.1. The quantitative estimate of drug-likeness (QED) is 0.247. The van der Waals surface area contributed by atoms with Crippen molar-refractivity contribution in [3.63, 3.8) is 0 Å². The number of halogens is 1. The van der Waals surface area contributed by atoms with Crippen LogP contribution >= 0.6 is 35.3 Å². The van der Waals surface area contributed by atoms with E-state index < -0.39 is 0 Å². The number of amides is 3. The number of hydrogen-bond acceptors (Lipinski definition) is 4. The van der Waals surface area contributed by atoms with E-state index in [0.29, 0.717) is 31.5 Å². The first kappa shape index (κ1) is 20.7. The Morgan fingerprint density at radius 3 is 2.83 bits per heavy atom. The van der Waals surface area contributed by atoms with E-state index in [0.717, 1.165) is 6.54 Å². The molecule has 2 heterocycles. The molecule has 9 heteroatoms. The van der Waals surface area contributed by atoms with Crippen LogP contribution in [0.25, 0.3) is 0 Å². The van der Waals surface area contributed by atoms with Crippen LogP contribution in [0.1, 0.15) is 25.3 Å². The van der Waals surface area contributed by atoms with Crippen LogP contribution in [0, 0.1) is 0 Å². The zero-order valence-electron chi connectivity index (χ0n) is 13.9. The highest BCUT2D eigenvalue weighted by Gasteiger charge is 2.27. The average molecular weight is 465 g/mol. The minimum Gasteiger partial charge on any atom is -0.357 e. The first-order valence-electron chi connectivity index (χ1n) is 7.74. The van der Waals surface area contributed by atoms with E-state index in [-0.39, 0.29) is 42.5 Å². The summed E-state index contributed by atoms with van der Waals surface area (Å²) in [5.74, 6) is 0.856. The molecule has 0 radical (unpaired) electrons. The fourth-order valence-corrected chi connectivity index (χ4v) is 2.98. The Morgan fingerprint density at radius 1 is 1.46 bits per heavy atom. The van der Waals surface area contributed by atoms with Gasteiger partial charge in [0.15, 0.2) is 5.96 Å². The van der Waals surface area contributed by atoms with Crippen molar-refractivity contribution in [3.8, 4) is 0 Å². The van der Waals surface area contributed by atoms with Gasteiger partial charge in [0.05, 0.1) is 6.54 Å². The van der Waals surface area contributed by atoms with Gasteiger partial charge in [0.2, 0.25) is 5.91 Å². The topological polar surface area (TPSA) is 85.8 Å². The molecule has 0 saturated carbocycles. The second-order valence-corrected chi connectivity index (χ2v) is 6.09. The Bertz CT molecular complexity index is 548. The van der Waals surface area contributed by atoms with Crippen molar-refractivity contribution in [3.05, 3.63) is 22.4 Å². The summed E-state index contributed by atoms with van der Waals surface area (Å²) < 4.78 is 0. The van der Waals surface area contributed by atoms with Crippen molar-refractivity contribution in [1.29, 1.82) is 0 Å². The number of carbonyl (C=O) groups excluding carboxylic acids is 2. The van der Waals surface area contributed by atoms with Crippen molar-refractivity contribution in [1.82, 2.24) is 20.9 Å². The molecule has 134 valence electrons. The Kier molecular flexibility index (Phi) is 9.04. The Hall–Kier alpha value is -1.36. The highest BCUT2D eigenvalue weighted by Crippen LogP contribution is 2.18. The van der Waals surface area contributed by atoms with E-state index in [9.17, 15) is 9.59 Å². The molecule has 1 unspecified atom stereocenters. The predicted octanol–water partition coefficient (Wildman–Crippen LogP) is 1.58. The molecule has 1 aromatic heterocycles. The van der Waals surface area contributed by atoms with E-state index in [1.54, 1.807) is 11.3 Å². The Labute approximate surface area is 163 Å². The van der Waals surface area contributed by atoms with Gasteiger partial charge in [0.25, 0.3) is 0 Å². The number of rotatable bonds is 7. The van der Waals surface area contributed by atoms with Crippen LogP contribution in [0.4, 0.5) is 4.79 Å². The molecule has 1 atom stereocenters. The molecule has 7 nitrogen and oxygen atoms in total. The SMILES string of the molecule is CCNC(=NCC(C)c1ccsc1)NCCN1C(=O)CNC1=O.I. The zero-order valence-corrected chi connectivity index (χ0v) is 17.0. The smallest absolute Gasteiger partial charge is 0.324 e. The minimum absolute atomic E-state index is 0. The number of aliphatic imine (C=N–C) groups is 1. The van der Waals surface area contributed by atoms with Crippen LogP contribution in [0.3, 0.4) is 0 Å². The fraction of sp³-hybridized carbons (Fsp3) is 0.533. The number of carbonyl (C=O) groups is 2. The van der Waals surface area contributed by atoms with Gasteiger partial charge in [0.1, 0.15) is 0 Å². The number of nitrogens with zero attached hydrogens (tertiary/aromatic N) is 2. The van der Waals surface area contributed by atoms with Crippen molar-refractivity contribution < 1.29 is 9.59 Å². The molecule has 3 N–H and O–H groups in total. The van der Waals surface area contributed by atoms with Crippen LogP contribution in [-0.4, -0.2) is 55.5 Å². The Balaban J connectivity index is 0.00000288. The fourth-order valence-electron chi connectivity index (χ4n) is 2.20. The van der Waals surface area contributed by atoms with Gasteiger partial charge in [-0.2, -0.15) is 11.3 Å². The van der Waals surface area contributed by atoms with Crippen LogP contribution in [0.5, 0.6) is 0 Å². The van der Waals surface area contributed by atoms with Crippen molar-refractivity contribution in [2.24, 2.45) is 4.99 Å². The molecule has 1 fully saturated rings. The molecule has 1 aliphatic heterocycles. The first-order valence-corrected chi connectivity index (χ1v) is 8.68. The van der Waals surface area contributed by atoms with E-state index in [1.165, 1.54) is 10.5 Å². The van der Waals surface area contributed by atoms with Crippen LogP contribution in [-0.2, 0) is 4.79 Å². The van der Waals surface area contributed by atoms with Crippen LogP contribution in [0.2, 0.25) is 0 Å². The summed E-state index contributed by atoms with van der Waals surface area (Å²) in [6, 6.07) is 1.79. The van der Waals surface area contributed by atoms with Gasteiger partial charge in [-0.3, -0.25) is 14.7 Å². The molecular weight excluding hydrogens is 441 g/mol. The third kappa shape index (κ3) is 5.93. The largest absolute Gasteiger partial charge is 0.357 e. The summed E-state index contributed by atoms with van der Waals surface area (Å²) in [6.45, 7) is 6.45. The minimum atomic E-state index is -0.329. The number of imide groups is 1. The standard InChI is InChI=1S/C15H23N5O2S.HI/c1-3-16-14(18-8-11(2)12-4-7-23-10-12)17-5-6-20-13(21)9-19-15(20)22;/h4,7,10-11H,3,5-6,8-9H2,1-2H3,(H,19,22)(H2,16,17,18);1H. The lowest BCUT2D eigenvalue weighted by Crippen LogP contribution is -2.43. The van der Waals surface area contributed by atoms with Gasteiger partial charge in [-0.05, 0) is 29.3 Å². The molecular formula is C15H24IN5O2S. The van der Waals surface area contributed by atoms with Gasteiger partial charge < -0.3 is 16.0 Å². The summed E-state index contributed by atoms with van der Waals surface area (Å²) in [7, 11) is 0. The Morgan fingerprint density at radius 2 is 2.25 bits per heavy atom. The maximum absolute atomic E-state index is 11.5. The van der Waals surface area contributed by atoms with E-state index >= 15 is 0 Å². The van der Waals surface area contributed by atoms with E-state index in [2.05, 4.69) is 44.7 Å². The molecule has 2 rings (SSSR count). The molecule has 24 heavy (non-hydrogen) atoms. The summed E-state index contributed by atoms with van der Waals surface area (Å²) >= 11 is 1.69. The summed E-state index contributed by atoms with van der Waals surface area (Å²) in [5.41, 5.74) is 1.29. The van der Waals surface area contributed by atoms with E-state index in [1.807, 2.05) is 6.92 Å². The number of hydrogen-bond donors (Lipinski definition) is 3. The summed E-state index contributed by atoms with van der Waals surface area (Å²) in [4.78, 5) is 28.7. The predicted molar refractivity (Wildman–Crippen MR) is 107 cm³/mol. The summed E-state index contributed by atoms with van der Waals surface area (Å²) in [5, 5.41) is 13.0. The second-order valence-electron chi connectivity index (χ2n) is 5.31. The van der Waals surface area contributed by atoms with Crippen LogP contribution < -0.4 is 16.0 Å². The zero-order chi connectivity index (χ0) is 16.7. The third-order valence-electron chi connectivity index (χ3n) is 3.54. The lowest BCUT2D eigenvalue weighted by molar-refractivity contribution is -0.124. The summed E-state index contributed by atoms with van der Waals surface area (Å²) in [6.07, 6.45) is 0. The third-order valence-corrected chi connectivity index (χ3v) is 4.25. The lowest BCUT2D eigenvalue weighted by Gasteiger charge is -2.16. The van der Waals surface area contributed by atoms with E-state index in [4.69, 9.17) is 0 Å². The molecule has 3 amide bonds. The highest BCUT2D eigenvalue weighted by molar-refractivity contribution is 14.0. The number of guanidine groups is 1. The van der Waals surface area contributed by atoms with Gasteiger partial charge in [-0.15, -0.1) is 24.0 Å². The van der Waals surface area contributed by atoms with Gasteiger partial charge >= 0.3 is 6.03 Å². The van der Waals surface area contributed by atoms with Crippen molar-refractivity contribution >= 4 is 53.2 Å². The number of urea groups is 1. The van der Waals surface area contributed by atoms with Crippen molar-refractivity contribution in [2.45, 2.75) is 19.8 Å². The molecule has 0 aromatic carbocycles. The molecule has 1 saturated heterocycles. The average Bonchev–Trinajstić information content (AvgIpc) is 3.17. The number of nitrogens with one attached hydrogen (secondary N) is 3. The molecule has 0 spiro atoms. The molecule has 0 aliphatic carbocycles. The normalized spacial score (nSPS) is 15.8. The van der Waals surface area contributed by atoms with Crippen LogP contribution in [0.15, 0.2) is 21.8 Å². The highest BCUT2D eigenvalue weighted by atomic mass is 127. The first-order chi connectivity index (χ1) is 11.1. The van der Waals surface area contributed by atoms with Gasteiger partial charge in [-0.1, -0.05) is 6.92 Å². The number of thiophene rings is 1. The molecule has 1 aromatic rings. The van der Waals surface area contributed by atoms with Gasteiger partial charge in [-0.25, -0.2) is 4.79 Å². The molecule has 1 aliphatic rings.